The molecule has 154 valence electrons. The van der Waals surface area contributed by atoms with Crippen molar-refractivity contribution < 1.29 is 17.9 Å². The number of nitrogens with zero attached hydrogens (tertiary/aromatic N) is 2. The Hall–Kier alpha value is -0.290. The van der Waals surface area contributed by atoms with E-state index in [1.54, 1.807) is 0 Å². The highest BCUT2D eigenvalue weighted by atomic mass is 127. The van der Waals surface area contributed by atoms with Gasteiger partial charge in [-0.2, -0.15) is 13.2 Å². The van der Waals surface area contributed by atoms with Gasteiger partial charge in [0.2, 0.25) is 0 Å². The molecule has 0 aromatic carbocycles. The molecule has 0 aromatic rings. The monoisotopic (exact) mass is 492 g/mol. The van der Waals surface area contributed by atoms with Gasteiger partial charge in [0.15, 0.2) is 5.96 Å². The molecule has 0 spiro atoms. The second kappa shape index (κ2) is 12.2. The summed E-state index contributed by atoms with van der Waals surface area (Å²) in [5, 5.41) is 6.56. The number of rotatable bonds is 7. The van der Waals surface area contributed by atoms with Crippen molar-refractivity contribution in [3.8, 4) is 0 Å². The Balaban J connectivity index is 0.00000338. The van der Waals surface area contributed by atoms with E-state index in [9.17, 15) is 13.2 Å². The zero-order valence-electron chi connectivity index (χ0n) is 15.5. The molecule has 0 aliphatic carbocycles. The first kappa shape index (κ1) is 23.7. The highest BCUT2D eigenvalue weighted by Crippen LogP contribution is 2.23. The van der Waals surface area contributed by atoms with E-state index in [0.29, 0.717) is 25.6 Å². The number of guanidine groups is 1. The lowest BCUT2D eigenvalue weighted by molar-refractivity contribution is -0.148. The lowest BCUT2D eigenvalue weighted by atomic mass is 9.93. The van der Waals surface area contributed by atoms with Crippen LogP contribution in [0, 0.1) is 5.92 Å². The van der Waals surface area contributed by atoms with Gasteiger partial charge in [0, 0.05) is 19.7 Å². The van der Waals surface area contributed by atoms with Gasteiger partial charge in [-0.05, 0) is 58.0 Å². The van der Waals surface area contributed by atoms with Gasteiger partial charge in [0.25, 0.3) is 0 Å². The van der Waals surface area contributed by atoms with E-state index in [-0.39, 0.29) is 30.1 Å². The Kier molecular flexibility index (Phi) is 11.2. The van der Waals surface area contributed by atoms with Gasteiger partial charge in [-0.15, -0.1) is 24.0 Å². The maximum Gasteiger partial charge on any atom is 0.401 e. The van der Waals surface area contributed by atoms with E-state index in [4.69, 9.17) is 4.74 Å². The summed E-state index contributed by atoms with van der Waals surface area (Å²) in [4.78, 5) is 6.08. The number of halogens is 4. The molecule has 0 aromatic heterocycles. The Bertz CT molecular complexity index is 409. The lowest BCUT2D eigenvalue weighted by Crippen LogP contribution is -2.41. The number of piperidine rings is 1. The molecule has 2 aliphatic rings. The van der Waals surface area contributed by atoms with E-state index < -0.39 is 12.7 Å². The molecule has 0 bridgehead atoms. The van der Waals surface area contributed by atoms with Crippen molar-refractivity contribution >= 4 is 29.9 Å². The minimum Gasteiger partial charge on any atom is -0.376 e. The summed E-state index contributed by atoms with van der Waals surface area (Å²) >= 11 is 0. The lowest BCUT2D eigenvalue weighted by Gasteiger charge is -2.32. The summed E-state index contributed by atoms with van der Waals surface area (Å²) in [6.07, 6.45) is 0.950. The van der Waals surface area contributed by atoms with Crippen LogP contribution in [0.1, 0.15) is 39.0 Å². The molecule has 2 rings (SSSR count). The van der Waals surface area contributed by atoms with Crippen LogP contribution in [-0.2, 0) is 4.74 Å². The predicted octanol–water partition coefficient (Wildman–Crippen LogP) is 3.00. The predicted molar refractivity (Wildman–Crippen MR) is 108 cm³/mol. The van der Waals surface area contributed by atoms with Gasteiger partial charge in [0.1, 0.15) is 0 Å². The van der Waals surface area contributed by atoms with Crippen LogP contribution < -0.4 is 10.6 Å². The molecule has 2 aliphatic heterocycles. The topological polar surface area (TPSA) is 48.9 Å². The minimum atomic E-state index is -4.09. The molecule has 0 radical (unpaired) electrons. The van der Waals surface area contributed by atoms with Crippen LogP contribution in [0.2, 0.25) is 0 Å². The third-order valence-corrected chi connectivity index (χ3v) is 4.78. The highest BCUT2D eigenvalue weighted by molar-refractivity contribution is 14.0. The van der Waals surface area contributed by atoms with Gasteiger partial charge in [-0.25, -0.2) is 0 Å². The molecular formula is C17H32F3IN4O. The summed E-state index contributed by atoms with van der Waals surface area (Å²) < 4.78 is 42.8. The van der Waals surface area contributed by atoms with Crippen molar-refractivity contribution in [1.29, 1.82) is 0 Å². The quantitative estimate of drug-likeness (QED) is 0.326. The van der Waals surface area contributed by atoms with E-state index in [0.717, 1.165) is 57.8 Å². The van der Waals surface area contributed by atoms with Crippen LogP contribution in [0.3, 0.4) is 0 Å². The fourth-order valence-corrected chi connectivity index (χ4v) is 3.40. The first-order chi connectivity index (χ1) is 12.0. The average molecular weight is 492 g/mol. The molecular weight excluding hydrogens is 460 g/mol. The number of likely N-dealkylation sites (tertiary alicyclic amines) is 1. The summed E-state index contributed by atoms with van der Waals surface area (Å²) in [5.41, 5.74) is 0. The minimum absolute atomic E-state index is 0. The smallest absolute Gasteiger partial charge is 0.376 e. The molecule has 9 heteroatoms. The van der Waals surface area contributed by atoms with Crippen LogP contribution in [0.15, 0.2) is 4.99 Å². The maximum atomic E-state index is 12.4. The maximum absolute atomic E-state index is 12.4. The van der Waals surface area contributed by atoms with Crippen LogP contribution in [-0.4, -0.2) is 69.0 Å². The van der Waals surface area contributed by atoms with Gasteiger partial charge < -0.3 is 15.4 Å². The largest absolute Gasteiger partial charge is 0.401 e. The molecule has 2 N–H and O–H groups in total. The van der Waals surface area contributed by atoms with Crippen LogP contribution in [0.5, 0.6) is 0 Å². The molecule has 1 atom stereocenters. The van der Waals surface area contributed by atoms with Crippen molar-refractivity contribution in [3.63, 3.8) is 0 Å². The number of ether oxygens (including phenoxy) is 1. The summed E-state index contributed by atoms with van der Waals surface area (Å²) in [6.45, 7) is 5.42. The number of hydrogen-bond acceptors (Lipinski definition) is 3. The van der Waals surface area contributed by atoms with Gasteiger partial charge in [-0.1, -0.05) is 0 Å². The van der Waals surface area contributed by atoms with Crippen molar-refractivity contribution in [2.24, 2.45) is 10.9 Å². The normalized spacial score (nSPS) is 22.9. The molecule has 2 heterocycles. The fraction of sp³-hybridized carbons (Fsp3) is 0.941. The standard InChI is InChI=1S/C17H31F3N4O.HI/c1-2-21-16(23-12-15-4-3-11-25-15)22-8-5-14-6-9-24(10-7-14)13-17(18,19)20;/h14-15H,2-13H2,1H3,(H2,21,22,23);1H. The third-order valence-electron chi connectivity index (χ3n) is 4.78. The number of alkyl halides is 3. The first-order valence-electron chi connectivity index (χ1n) is 9.39. The Labute approximate surface area is 171 Å². The van der Waals surface area contributed by atoms with Gasteiger partial charge in [-0.3, -0.25) is 9.89 Å². The zero-order chi connectivity index (χ0) is 18.1. The number of hydrogen-bond donors (Lipinski definition) is 2. The Morgan fingerprint density at radius 1 is 1.19 bits per heavy atom. The summed E-state index contributed by atoms with van der Waals surface area (Å²) in [6, 6.07) is 0. The van der Waals surface area contributed by atoms with E-state index in [2.05, 4.69) is 15.6 Å². The Morgan fingerprint density at radius 3 is 2.50 bits per heavy atom. The van der Waals surface area contributed by atoms with Crippen molar-refractivity contribution in [3.05, 3.63) is 0 Å². The summed E-state index contributed by atoms with van der Waals surface area (Å²) in [7, 11) is 0. The SMILES string of the molecule is CCNC(=NCC1CCCO1)NCCC1CCN(CC(F)(F)F)CC1.I. The Morgan fingerprint density at radius 2 is 1.92 bits per heavy atom. The molecule has 2 saturated heterocycles. The van der Waals surface area contributed by atoms with Crippen LogP contribution in [0.4, 0.5) is 13.2 Å². The summed E-state index contributed by atoms with van der Waals surface area (Å²) in [5.74, 6) is 1.28. The molecule has 0 amide bonds. The van der Waals surface area contributed by atoms with Gasteiger partial charge >= 0.3 is 6.18 Å². The highest BCUT2D eigenvalue weighted by Gasteiger charge is 2.32. The fourth-order valence-electron chi connectivity index (χ4n) is 3.40. The third kappa shape index (κ3) is 9.59. The molecule has 26 heavy (non-hydrogen) atoms. The van der Waals surface area contributed by atoms with Gasteiger partial charge in [0.05, 0.1) is 19.2 Å². The molecule has 1 unspecified atom stereocenters. The molecule has 5 nitrogen and oxygen atoms in total. The van der Waals surface area contributed by atoms with Crippen LogP contribution in [0.25, 0.3) is 0 Å². The first-order valence-corrected chi connectivity index (χ1v) is 9.39. The zero-order valence-corrected chi connectivity index (χ0v) is 17.8. The number of aliphatic imine (C=N–C) groups is 1. The van der Waals surface area contributed by atoms with E-state index >= 15 is 0 Å². The van der Waals surface area contributed by atoms with E-state index in [1.807, 2.05) is 6.92 Å². The van der Waals surface area contributed by atoms with Crippen molar-refractivity contribution in [1.82, 2.24) is 15.5 Å². The number of nitrogens with one attached hydrogen (secondary N) is 2. The van der Waals surface area contributed by atoms with E-state index in [1.165, 1.54) is 4.90 Å². The second-order valence-electron chi connectivity index (χ2n) is 6.90. The van der Waals surface area contributed by atoms with Crippen LogP contribution >= 0.6 is 24.0 Å². The van der Waals surface area contributed by atoms with Crippen molar-refractivity contribution in [2.75, 3.05) is 45.9 Å². The molecule has 0 saturated carbocycles. The second-order valence-corrected chi connectivity index (χ2v) is 6.90. The van der Waals surface area contributed by atoms with Crippen molar-refractivity contribution in [2.45, 2.75) is 51.3 Å². The molecule has 2 fully saturated rings. The average Bonchev–Trinajstić information content (AvgIpc) is 3.06.